The summed E-state index contributed by atoms with van der Waals surface area (Å²) in [4.78, 5) is 11.4. The Morgan fingerprint density at radius 3 is 1.53 bits per heavy atom. The van der Waals surface area contributed by atoms with E-state index in [0.29, 0.717) is 0 Å². The Bertz CT molecular complexity index is 218. The maximum atomic E-state index is 11.4. The van der Waals surface area contributed by atoms with Crippen molar-refractivity contribution >= 4 is 6.03 Å². The summed E-state index contributed by atoms with van der Waals surface area (Å²) in [6.45, 7) is 14.3. The Balaban J connectivity index is 5.12. The molecule has 2 amide bonds. The quantitative estimate of drug-likeness (QED) is 0.734. The molecule has 90 valence electrons. The number of hydrogen-bond acceptors (Lipinski definition) is 2. The van der Waals surface area contributed by atoms with E-state index in [0.717, 1.165) is 0 Å². The van der Waals surface area contributed by atoms with Crippen molar-refractivity contribution in [2.24, 2.45) is 5.73 Å². The second-order valence-electron chi connectivity index (χ2n) is 5.39. The second-order valence-corrected chi connectivity index (χ2v) is 5.39. The molecule has 0 aliphatic carbocycles. The molecule has 0 rings (SSSR count). The standard InChI is InChI=1S/C11H25N3O/c1-8(2)13(10(12)15)14(9(3)4)11(5,6)7/h8-9H,1-7H3,(H2,12,15). The summed E-state index contributed by atoms with van der Waals surface area (Å²) in [5.74, 6) is 0. The monoisotopic (exact) mass is 215 g/mol. The van der Waals surface area contributed by atoms with Gasteiger partial charge in [0, 0.05) is 17.6 Å². The van der Waals surface area contributed by atoms with Gasteiger partial charge in [-0.25, -0.2) is 9.80 Å². The van der Waals surface area contributed by atoms with Crippen LogP contribution >= 0.6 is 0 Å². The van der Waals surface area contributed by atoms with Crippen molar-refractivity contribution in [3.63, 3.8) is 0 Å². The topological polar surface area (TPSA) is 49.6 Å². The molecular weight excluding hydrogens is 190 g/mol. The van der Waals surface area contributed by atoms with Gasteiger partial charge in [0.05, 0.1) is 0 Å². The smallest absolute Gasteiger partial charge is 0.329 e. The first-order valence-electron chi connectivity index (χ1n) is 5.47. The van der Waals surface area contributed by atoms with E-state index in [1.165, 1.54) is 0 Å². The first kappa shape index (κ1) is 14.2. The van der Waals surface area contributed by atoms with Gasteiger partial charge in [0.25, 0.3) is 0 Å². The number of primary amides is 1. The summed E-state index contributed by atoms with van der Waals surface area (Å²) in [7, 11) is 0. The van der Waals surface area contributed by atoms with Crippen LogP contribution in [0.3, 0.4) is 0 Å². The van der Waals surface area contributed by atoms with Gasteiger partial charge in [-0.1, -0.05) is 0 Å². The predicted molar refractivity (Wildman–Crippen MR) is 63.3 cm³/mol. The molecule has 0 aromatic rings. The van der Waals surface area contributed by atoms with Crippen molar-refractivity contribution in [2.75, 3.05) is 0 Å². The number of carbonyl (C=O) groups excluding carboxylic acids is 1. The number of urea groups is 1. The summed E-state index contributed by atoms with van der Waals surface area (Å²) >= 11 is 0. The molecular formula is C11H25N3O. The van der Waals surface area contributed by atoms with E-state index in [2.05, 4.69) is 34.6 Å². The first-order valence-corrected chi connectivity index (χ1v) is 5.47. The van der Waals surface area contributed by atoms with Crippen molar-refractivity contribution in [1.29, 1.82) is 0 Å². The largest absolute Gasteiger partial charge is 0.350 e. The lowest BCUT2D eigenvalue weighted by Crippen LogP contribution is -2.61. The predicted octanol–water partition coefficient (Wildman–Crippen LogP) is 2.20. The number of hydrogen-bond donors (Lipinski definition) is 1. The lowest BCUT2D eigenvalue weighted by molar-refractivity contribution is -0.0948. The molecule has 0 saturated heterocycles. The average Bonchev–Trinajstić information content (AvgIpc) is 1.94. The van der Waals surface area contributed by atoms with Gasteiger partial charge in [0.15, 0.2) is 0 Å². The van der Waals surface area contributed by atoms with E-state index >= 15 is 0 Å². The maximum Gasteiger partial charge on any atom is 0.329 e. The summed E-state index contributed by atoms with van der Waals surface area (Å²) < 4.78 is 0. The molecule has 2 N–H and O–H groups in total. The average molecular weight is 215 g/mol. The minimum Gasteiger partial charge on any atom is -0.350 e. The van der Waals surface area contributed by atoms with E-state index in [9.17, 15) is 4.79 Å². The van der Waals surface area contributed by atoms with E-state index in [4.69, 9.17) is 5.73 Å². The van der Waals surface area contributed by atoms with Crippen LogP contribution in [0.2, 0.25) is 0 Å². The summed E-state index contributed by atoms with van der Waals surface area (Å²) in [5, 5.41) is 3.66. The zero-order valence-corrected chi connectivity index (χ0v) is 11.0. The van der Waals surface area contributed by atoms with Gasteiger partial charge in [-0.05, 0) is 48.5 Å². The van der Waals surface area contributed by atoms with Crippen molar-refractivity contribution in [3.8, 4) is 0 Å². The molecule has 0 aromatic heterocycles. The normalized spacial score (nSPS) is 12.7. The zero-order valence-electron chi connectivity index (χ0n) is 11.0. The Morgan fingerprint density at radius 1 is 1.07 bits per heavy atom. The van der Waals surface area contributed by atoms with Crippen molar-refractivity contribution in [3.05, 3.63) is 0 Å². The van der Waals surface area contributed by atoms with Gasteiger partial charge >= 0.3 is 6.03 Å². The zero-order chi connectivity index (χ0) is 12.4. The Labute approximate surface area is 93.4 Å². The highest BCUT2D eigenvalue weighted by Gasteiger charge is 2.33. The van der Waals surface area contributed by atoms with Crippen molar-refractivity contribution in [1.82, 2.24) is 10.0 Å². The molecule has 0 aliphatic heterocycles. The Morgan fingerprint density at radius 2 is 1.47 bits per heavy atom. The molecule has 0 bridgehead atoms. The third kappa shape index (κ3) is 3.70. The summed E-state index contributed by atoms with van der Waals surface area (Å²) in [6.07, 6.45) is 0. The van der Waals surface area contributed by atoms with Crippen LogP contribution in [-0.2, 0) is 0 Å². The van der Waals surface area contributed by atoms with Crippen molar-refractivity contribution < 1.29 is 4.79 Å². The number of carbonyl (C=O) groups is 1. The second kappa shape index (κ2) is 4.84. The minimum absolute atomic E-state index is 0.0733. The van der Waals surface area contributed by atoms with Gasteiger partial charge in [0.1, 0.15) is 0 Å². The van der Waals surface area contributed by atoms with Gasteiger partial charge in [-0.2, -0.15) is 0 Å². The Hall–Kier alpha value is -0.770. The van der Waals surface area contributed by atoms with Crippen LogP contribution in [-0.4, -0.2) is 33.7 Å². The van der Waals surface area contributed by atoms with E-state index in [-0.39, 0.29) is 17.6 Å². The molecule has 0 aliphatic rings. The summed E-state index contributed by atoms with van der Waals surface area (Å²) in [6, 6.07) is -0.0855. The molecule has 0 saturated carbocycles. The first-order chi connectivity index (χ1) is 6.59. The fourth-order valence-electron chi connectivity index (χ4n) is 1.96. The number of rotatable bonds is 3. The lowest BCUT2D eigenvalue weighted by atomic mass is 10.1. The molecule has 4 nitrogen and oxygen atoms in total. The highest BCUT2D eigenvalue weighted by atomic mass is 16.2. The van der Waals surface area contributed by atoms with Gasteiger partial charge in [0.2, 0.25) is 0 Å². The minimum atomic E-state index is -0.395. The van der Waals surface area contributed by atoms with Gasteiger partial charge in [-0.3, -0.25) is 5.01 Å². The molecule has 0 unspecified atom stereocenters. The molecule has 0 fully saturated rings. The molecule has 0 aromatic carbocycles. The van der Waals surface area contributed by atoms with Crippen molar-refractivity contribution in [2.45, 2.75) is 66.1 Å². The summed E-state index contributed by atoms with van der Waals surface area (Å²) in [5.41, 5.74) is 5.30. The van der Waals surface area contributed by atoms with Crippen LogP contribution < -0.4 is 5.73 Å². The van der Waals surface area contributed by atoms with Gasteiger partial charge < -0.3 is 5.73 Å². The van der Waals surface area contributed by atoms with Crippen LogP contribution in [0.15, 0.2) is 0 Å². The van der Waals surface area contributed by atoms with Crippen LogP contribution in [0.1, 0.15) is 48.5 Å². The van der Waals surface area contributed by atoms with Crippen LogP contribution in [0, 0.1) is 0 Å². The van der Waals surface area contributed by atoms with Crippen LogP contribution in [0.5, 0.6) is 0 Å². The third-order valence-corrected chi connectivity index (χ3v) is 2.12. The highest BCUT2D eigenvalue weighted by molar-refractivity contribution is 5.71. The lowest BCUT2D eigenvalue weighted by Gasteiger charge is -2.47. The molecule has 0 spiro atoms. The molecule has 0 atom stereocenters. The van der Waals surface area contributed by atoms with Gasteiger partial charge in [-0.15, -0.1) is 0 Å². The number of hydrazine groups is 1. The maximum absolute atomic E-state index is 11.4. The van der Waals surface area contributed by atoms with Crippen LogP contribution in [0.4, 0.5) is 4.79 Å². The number of nitrogens with two attached hydrogens (primary N) is 1. The Kier molecular flexibility index (Phi) is 4.59. The fraction of sp³-hybridized carbons (Fsp3) is 0.909. The van der Waals surface area contributed by atoms with Crippen LogP contribution in [0.25, 0.3) is 0 Å². The fourth-order valence-corrected chi connectivity index (χ4v) is 1.96. The number of nitrogens with zero attached hydrogens (tertiary/aromatic N) is 2. The molecule has 15 heavy (non-hydrogen) atoms. The van der Waals surface area contributed by atoms with E-state index < -0.39 is 6.03 Å². The third-order valence-electron chi connectivity index (χ3n) is 2.12. The van der Waals surface area contributed by atoms with E-state index in [1.807, 2.05) is 18.9 Å². The number of amides is 2. The molecule has 4 heteroatoms. The molecule has 0 radical (unpaired) electrons. The molecule has 0 heterocycles. The van der Waals surface area contributed by atoms with E-state index in [1.54, 1.807) is 5.01 Å². The SMILES string of the molecule is CC(C)N(C(N)=O)N(C(C)C)C(C)(C)C. The highest BCUT2D eigenvalue weighted by Crippen LogP contribution is 2.21.